The van der Waals surface area contributed by atoms with Gasteiger partial charge in [-0.05, 0) is 17.7 Å². The lowest BCUT2D eigenvalue weighted by Crippen LogP contribution is -2.16. The maximum atomic E-state index is 11.6. The molecule has 0 amide bonds. The minimum atomic E-state index is -0.929. The number of nitro groups is 1. The Labute approximate surface area is 243 Å². The standard InChI is InChI=1S/C25H40N4O13/c26-28-27-5-6-33-7-8-34-9-10-35-11-12-36-13-14-37-15-16-38-17-18-39-19-20-40-21-22-41-25(30)42-24-3-1-23(2-4-24)29(31)32/h1-4H,5-22H2. The van der Waals surface area contributed by atoms with Gasteiger partial charge in [0.1, 0.15) is 12.4 Å². The lowest BCUT2D eigenvalue weighted by atomic mass is 10.3. The highest BCUT2D eigenvalue weighted by molar-refractivity contribution is 5.63. The second kappa shape index (κ2) is 28.0. The first kappa shape index (κ1) is 36.9. The van der Waals surface area contributed by atoms with Crippen LogP contribution in [0, 0.1) is 10.1 Å². The molecule has 0 saturated carbocycles. The first-order valence-corrected chi connectivity index (χ1v) is 13.4. The number of carbonyl (C=O) groups is 1. The van der Waals surface area contributed by atoms with Crippen LogP contribution in [0.2, 0.25) is 0 Å². The average Bonchev–Trinajstić information content (AvgIpc) is 2.98. The van der Waals surface area contributed by atoms with Gasteiger partial charge in [0, 0.05) is 23.6 Å². The zero-order valence-corrected chi connectivity index (χ0v) is 23.6. The third-order valence-electron chi connectivity index (χ3n) is 4.70. The number of nitro benzene ring substituents is 1. The van der Waals surface area contributed by atoms with Crippen molar-refractivity contribution in [1.82, 2.24) is 0 Å². The Kier molecular flexibility index (Phi) is 24.6. The molecule has 0 atom stereocenters. The molecule has 238 valence electrons. The number of non-ortho nitro benzene ring substituents is 1. The molecule has 0 fully saturated rings. The van der Waals surface area contributed by atoms with E-state index < -0.39 is 11.1 Å². The fourth-order valence-electron chi connectivity index (χ4n) is 2.74. The lowest BCUT2D eigenvalue weighted by molar-refractivity contribution is -0.384. The number of benzene rings is 1. The van der Waals surface area contributed by atoms with Gasteiger partial charge in [-0.2, -0.15) is 0 Å². The van der Waals surface area contributed by atoms with Crippen molar-refractivity contribution in [2.75, 3.05) is 119 Å². The van der Waals surface area contributed by atoms with Crippen LogP contribution in [0.15, 0.2) is 29.4 Å². The van der Waals surface area contributed by atoms with Crippen LogP contribution >= 0.6 is 0 Å². The summed E-state index contributed by atoms with van der Waals surface area (Å²) >= 11 is 0. The monoisotopic (exact) mass is 604 g/mol. The lowest BCUT2D eigenvalue weighted by Gasteiger charge is -2.09. The quantitative estimate of drug-likeness (QED) is 0.0189. The van der Waals surface area contributed by atoms with Crippen molar-refractivity contribution in [2.45, 2.75) is 0 Å². The number of azide groups is 1. The Morgan fingerprint density at radius 1 is 0.643 bits per heavy atom. The van der Waals surface area contributed by atoms with Crippen LogP contribution < -0.4 is 4.74 Å². The van der Waals surface area contributed by atoms with E-state index in [9.17, 15) is 14.9 Å². The minimum Gasteiger partial charge on any atom is -0.432 e. The zero-order chi connectivity index (χ0) is 30.4. The van der Waals surface area contributed by atoms with Crippen molar-refractivity contribution in [1.29, 1.82) is 0 Å². The molecule has 0 unspecified atom stereocenters. The van der Waals surface area contributed by atoms with Gasteiger partial charge in [0.2, 0.25) is 0 Å². The van der Waals surface area contributed by atoms with Crippen molar-refractivity contribution < 1.29 is 57.1 Å². The van der Waals surface area contributed by atoms with Gasteiger partial charge in [0.05, 0.1) is 111 Å². The molecule has 0 aliphatic rings. The highest BCUT2D eigenvalue weighted by atomic mass is 16.7. The molecule has 0 aliphatic carbocycles. The van der Waals surface area contributed by atoms with E-state index in [-0.39, 0.29) is 24.7 Å². The van der Waals surface area contributed by atoms with E-state index >= 15 is 0 Å². The van der Waals surface area contributed by atoms with E-state index in [1.807, 2.05) is 0 Å². The van der Waals surface area contributed by atoms with Gasteiger partial charge in [0.25, 0.3) is 5.69 Å². The number of ether oxygens (including phenoxy) is 10. The fraction of sp³-hybridized carbons (Fsp3) is 0.720. The van der Waals surface area contributed by atoms with Gasteiger partial charge in [-0.15, -0.1) is 0 Å². The Morgan fingerprint density at radius 3 is 1.36 bits per heavy atom. The normalized spacial score (nSPS) is 10.8. The number of hydrogen-bond donors (Lipinski definition) is 0. The predicted molar refractivity (Wildman–Crippen MR) is 146 cm³/mol. The summed E-state index contributed by atoms with van der Waals surface area (Å²) in [5, 5.41) is 14.0. The summed E-state index contributed by atoms with van der Waals surface area (Å²) in [6.45, 7) is 6.92. The molecular formula is C25H40N4O13. The topological polar surface area (TPSA) is 201 Å². The second-order valence-corrected chi connectivity index (χ2v) is 7.80. The molecule has 1 rings (SSSR count). The summed E-state index contributed by atoms with van der Waals surface area (Å²) in [5.74, 6) is 0.139. The largest absolute Gasteiger partial charge is 0.513 e. The third-order valence-corrected chi connectivity index (χ3v) is 4.70. The van der Waals surface area contributed by atoms with Crippen molar-refractivity contribution in [3.8, 4) is 5.75 Å². The van der Waals surface area contributed by atoms with Crippen LogP contribution in [0.25, 0.3) is 10.4 Å². The smallest absolute Gasteiger partial charge is 0.432 e. The van der Waals surface area contributed by atoms with Gasteiger partial charge >= 0.3 is 6.16 Å². The van der Waals surface area contributed by atoms with E-state index in [4.69, 9.17) is 52.9 Å². The molecular weight excluding hydrogens is 564 g/mol. The predicted octanol–water partition coefficient (Wildman–Crippen LogP) is 2.55. The third kappa shape index (κ3) is 23.6. The number of rotatable bonds is 29. The maximum absolute atomic E-state index is 11.6. The minimum absolute atomic E-state index is 0.00965. The van der Waals surface area contributed by atoms with Crippen LogP contribution in [-0.4, -0.2) is 130 Å². The van der Waals surface area contributed by atoms with E-state index in [1.165, 1.54) is 24.3 Å². The van der Waals surface area contributed by atoms with Gasteiger partial charge in [-0.3, -0.25) is 10.1 Å². The fourth-order valence-corrected chi connectivity index (χ4v) is 2.74. The summed E-state index contributed by atoms with van der Waals surface area (Å²) in [5.41, 5.74) is 8.01. The van der Waals surface area contributed by atoms with Crippen molar-refractivity contribution in [3.05, 3.63) is 44.8 Å². The summed E-state index contributed by atoms with van der Waals surface area (Å²) in [6.07, 6.45) is -0.929. The van der Waals surface area contributed by atoms with Gasteiger partial charge in [-0.1, -0.05) is 5.11 Å². The molecule has 17 heteroatoms. The molecule has 0 N–H and O–H groups in total. The maximum Gasteiger partial charge on any atom is 0.513 e. The van der Waals surface area contributed by atoms with Gasteiger partial charge in [-0.25, -0.2) is 4.79 Å². The molecule has 1 aromatic carbocycles. The molecule has 0 bridgehead atoms. The van der Waals surface area contributed by atoms with Crippen LogP contribution in [0.1, 0.15) is 0 Å². The zero-order valence-electron chi connectivity index (χ0n) is 23.6. The molecule has 42 heavy (non-hydrogen) atoms. The van der Waals surface area contributed by atoms with Gasteiger partial charge in [0.15, 0.2) is 0 Å². The molecule has 0 aromatic heterocycles. The molecule has 17 nitrogen and oxygen atoms in total. The first-order valence-electron chi connectivity index (χ1n) is 13.4. The summed E-state index contributed by atoms with van der Waals surface area (Å²) in [4.78, 5) is 24.3. The summed E-state index contributed by atoms with van der Waals surface area (Å²) in [6, 6.07) is 5.06. The van der Waals surface area contributed by atoms with E-state index in [0.717, 1.165) is 0 Å². The van der Waals surface area contributed by atoms with E-state index in [1.54, 1.807) is 0 Å². The first-order chi connectivity index (χ1) is 20.6. The van der Waals surface area contributed by atoms with Crippen LogP contribution in [-0.2, 0) is 42.6 Å². The Bertz CT molecular complexity index is 857. The van der Waals surface area contributed by atoms with E-state index in [0.29, 0.717) is 106 Å². The second-order valence-electron chi connectivity index (χ2n) is 7.80. The molecule has 0 heterocycles. The summed E-state index contributed by atoms with van der Waals surface area (Å²) in [7, 11) is 0. The number of hydrogen-bond acceptors (Lipinski definition) is 14. The van der Waals surface area contributed by atoms with E-state index in [2.05, 4.69) is 10.0 Å². The van der Waals surface area contributed by atoms with Crippen LogP contribution in [0.4, 0.5) is 10.5 Å². The van der Waals surface area contributed by atoms with Crippen molar-refractivity contribution in [3.63, 3.8) is 0 Å². The SMILES string of the molecule is [N-]=[N+]=NCCOCCOCCOCCOCCOCCOCCOCCOCCOC(=O)Oc1ccc([N+](=O)[O-])cc1. The summed E-state index contributed by atoms with van der Waals surface area (Å²) < 4.78 is 52.6. The van der Waals surface area contributed by atoms with Crippen molar-refractivity contribution >= 4 is 11.8 Å². The highest BCUT2D eigenvalue weighted by Gasteiger charge is 2.09. The van der Waals surface area contributed by atoms with Crippen LogP contribution in [0.5, 0.6) is 5.75 Å². The van der Waals surface area contributed by atoms with Crippen molar-refractivity contribution in [2.24, 2.45) is 5.11 Å². The average molecular weight is 605 g/mol. The molecule has 0 aliphatic heterocycles. The molecule has 0 spiro atoms. The Morgan fingerprint density at radius 2 is 1.00 bits per heavy atom. The van der Waals surface area contributed by atoms with Gasteiger partial charge < -0.3 is 47.4 Å². The van der Waals surface area contributed by atoms with Crippen LogP contribution in [0.3, 0.4) is 0 Å². The Hall–Kier alpha value is -3.12. The highest BCUT2D eigenvalue weighted by Crippen LogP contribution is 2.17. The number of carbonyl (C=O) groups excluding carboxylic acids is 1. The molecule has 0 radical (unpaired) electrons. The Balaban J connectivity index is 1.72. The number of nitrogens with zero attached hydrogens (tertiary/aromatic N) is 4. The molecule has 0 saturated heterocycles. The molecule has 1 aromatic rings.